The summed E-state index contributed by atoms with van der Waals surface area (Å²) in [6.45, 7) is 8.21. The Morgan fingerprint density at radius 2 is 2.11 bits per heavy atom. The second kappa shape index (κ2) is 8.57. The van der Waals surface area contributed by atoms with Crippen molar-refractivity contribution in [1.29, 1.82) is 0 Å². The van der Waals surface area contributed by atoms with Crippen molar-refractivity contribution in [3.8, 4) is 0 Å². The van der Waals surface area contributed by atoms with Crippen LogP contribution in [0.25, 0.3) is 0 Å². The molecule has 0 bridgehead atoms. The van der Waals surface area contributed by atoms with E-state index in [0.717, 1.165) is 19.4 Å². The summed E-state index contributed by atoms with van der Waals surface area (Å²) in [6.07, 6.45) is 7.68. The predicted molar refractivity (Wildman–Crippen MR) is 80.9 cm³/mol. The van der Waals surface area contributed by atoms with E-state index >= 15 is 0 Å². The third-order valence-electron chi connectivity index (χ3n) is 4.17. The maximum absolute atomic E-state index is 12.5. The Labute approximate surface area is 118 Å². The van der Waals surface area contributed by atoms with Crippen molar-refractivity contribution in [3.05, 3.63) is 0 Å². The standard InChI is InChI=1S/C16H32N2O/c1-4-7-15-8-5-6-9-18(15)16(19)11-14(12-17)10-13(2)3/h13-15H,4-12,17H2,1-3H3. The molecular formula is C16H32N2O. The molecule has 1 rings (SSSR count). The van der Waals surface area contributed by atoms with Crippen molar-refractivity contribution in [2.24, 2.45) is 17.6 Å². The zero-order valence-electron chi connectivity index (χ0n) is 13.0. The third kappa shape index (κ3) is 5.52. The predicted octanol–water partition coefficient (Wildman–Crippen LogP) is 3.18. The number of nitrogens with zero attached hydrogens (tertiary/aromatic N) is 1. The fourth-order valence-corrected chi connectivity index (χ4v) is 3.26. The number of likely N-dealkylation sites (tertiary alicyclic amines) is 1. The first kappa shape index (κ1) is 16.5. The van der Waals surface area contributed by atoms with Gasteiger partial charge in [-0.1, -0.05) is 27.2 Å². The molecule has 1 aliphatic rings. The number of nitrogens with two attached hydrogens (primary N) is 1. The molecule has 3 nitrogen and oxygen atoms in total. The highest BCUT2D eigenvalue weighted by Gasteiger charge is 2.27. The van der Waals surface area contributed by atoms with Crippen LogP contribution in [0.4, 0.5) is 0 Å². The monoisotopic (exact) mass is 268 g/mol. The fraction of sp³-hybridized carbons (Fsp3) is 0.938. The van der Waals surface area contributed by atoms with E-state index in [1.807, 2.05) is 0 Å². The van der Waals surface area contributed by atoms with Gasteiger partial charge in [-0.25, -0.2) is 0 Å². The molecule has 1 heterocycles. The van der Waals surface area contributed by atoms with Gasteiger partial charge < -0.3 is 10.6 Å². The lowest BCUT2D eigenvalue weighted by Crippen LogP contribution is -2.44. The van der Waals surface area contributed by atoms with E-state index < -0.39 is 0 Å². The summed E-state index contributed by atoms with van der Waals surface area (Å²) in [6, 6.07) is 0.490. The van der Waals surface area contributed by atoms with Gasteiger partial charge in [0.2, 0.25) is 5.91 Å². The van der Waals surface area contributed by atoms with Crippen molar-refractivity contribution < 1.29 is 4.79 Å². The van der Waals surface area contributed by atoms with Gasteiger partial charge in [0.15, 0.2) is 0 Å². The number of rotatable bonds is 7. The van der Waals surface area contributed by atoms with Crippen molar-refractivity contribution in [1.82, 2.24) is 4.90 Å². The number of hydrogen-bond donors (Lipinski definition) is 1. The highest BCUT2D eigenvalue weighted by molar-refractivity contribution is 5.77. The molecule has 0 aromatic heterocycles. The Bertz CT molecular complexity index is 263. The van der Waals surface area contributed by atoms with Gasteiger partial charge in [0, 0.05) is 19.0 Å². The molecule has 19 heavy (non-hydrogen) atoms. The van der Waals surface area contributed by atoms with Crippen LogP contribution in [0.5, 0.6) is 0 Å². The molecule has 1 aliphatic heterocycles. The average Bonchev–Trinajstić information content (AvgIpc) is 2.38. The SMILES string of the molecule is CCCC1CCCCN1C(=O)CC(CN)CC(C)C. The van der Waals surface area contributed by atoms with Crippen LogP contribution in [-0.2, 0) is 4.79 Å². The Balaban J connectivity index is 2.53. The summed E-state index contributed by atoms with van der Waals surface area (Å²) in [4.78, 5) is 14.7. The second-order valence-electron chi connectivity index (χ2n) is 6.46. The summed E-state index contributed by atoms with van der Waals surface area (Å²) in [5, 5.41) is 0. The van der Waals surface area contributed by atoms with Crippen LogP contribution in [0.2, 0.25) is 0 Å². The number of hydrogen-bond acceptors (Lipinski definition) is 2. The molecule has 0 saturated carbocycles. The van der Waals surface area contributed by atoms with E-state index in [-0.39, 0.29) is 0 Å². The first-order valence-electron chi connectivity index (χ1n) is 8.08. The van der Waals surface area contributed by atoms with E-state index in [2.05, 4.69) is 25.7 Å². The largest absolute Gasteiger partial charge is 0.340 e. The second-order valence-corrected chi connectivity index (χ2v) is 6.46. The molecule has 0 radical (unpaired) electrons. The minimum Gasteiger partial charge on any atom is -0.340 e. The van der Waals surface area contributed by atoms with E-state index in [1.165, 1.54) is 25.7 Å². The molecule has 1 fully saturated rings. The first-order chi connectivity index (χ1) is 9.08. The Kier molecular flexibility index (Phi) is 7.44. The lowest BCUT2D eigenvalue weighted by molar-refractivity contribution is -0.136. The number of amides is 1. The molecular weight excluding hydrogens is 236 g/mol. The van der Waals surface area contributed by atoms with Crippen LogP contribution in [0.15, 0.2) is 0 Å². The summed E-state index contributed by atoms with van der Waals surface area (Å²) < 4.78 is 0. The first-order valence-corrected chi connectivity index (χ1v) is 8.08. The number of carbonyl (C=O) groups is 1. The summed E-state index contributed by atoms with van der Waals surface area (Å²) in [5.41, 5.74) is 5.82. The zero-order valence-corrected chi connectivity index (χ0v) is 13.0. The van der Waals surface area contributed by atoms with Gasteiger partial charge in [-0.15, -0.1) is 0 Å². The maximum atomic E-state index is 12.5. The van der Waals surface area contributed by atoms with Gasteiger partial charge in [-0.3, -0.25) is 4.79 Å². The quantitative estimate of drug-likeness (QED) is 0.771. The molecule has 0 aliphatic carbocycles. The molecule has 112 valence electrons. The van der Waals surface area contributed by atoms with Gasteiger partial charge in [0.05, 0.1) is 0 Å². The maximum Gasteiger partial charge on any atom is 0.223 e. The van der Waals surface area contributed by atoms with Gasteiger partial charge in [-0.2, -0.15) is 0 Å². The average molecular weight is 268 g/mol. The smallest absolute Gasteiger partial charge is 0.223 e. The van der Waals surface area contributed by atoms with Crippen LogP contribution in [0.3, 0.4) is 0 Å². The van der Waals surface area contributed by atoms with Crippen molar-refractivity contribution in [2.45, 2.75) is 71.8 Å². The number of piperidine rings is 1. The lowest BCUT2D eigenvalue weighted by Gasteiger charge is -2.36. The fourth-order valence-electron chi connectivity index (χ4n) is 3.26. The Morgan fingerprint density at radius 1 is 1.37 bits per heavy atom. The van der Waals surface area contributed by atoms with Gasteiger partial charge in [0.1, 0.15) is 0 Å². The molecule has 2 unspecified atom stereocenters. The van der Waals surface area contributed by atoms with E-state index in [0.29, 0.717) is 36.8 Å². The van der Waals surface area contributed by atoms with E-state index in [1.54, 1.807) is 0 Å². The minimum absolute atomic E-state index is 0.342. The van der Waals surface area contributed by atoms with Crippen molar-refractivity contribution >= 4 is 5.91 Å². The molecule has 0 aromatic carbocycles. The van der Waals surface area contributed by atoms with Crippen molar-refractivity contribution in [3.63, 3.8) is 0 Å². The Hall–Kier alpha value is -0.570. The van der Waals surface area contributed by atoms with Crippen LogP contribution >= 0.6 is 0 Å². The van der Waals surface area contributed by atoms with E-state index in [4.69, 9.17) is 5.73 Å². The highest BCUT2D eigenvalue weighted by Crippen LogP contribution is 2.24. The number of carbonyl (C=O) groups excluding carboxylic acids is 1. The molecule has 1 amide bonds. The summed E-state index contributed by atoms with van der Waals surface area (Å²) in [5.74, 6) is 1.32. The zero-order chi connectivity index (χ0) is 14.3. The molecule has 0 aromatic rings. The van der Waals surface area contributed by atoms with Crippen LogP contribution in [0, 0.1) is 11.8 Å². The van der Waals surface area contributed by atoms with Crippen LogP contribution < -0.4 is 5.73 Å². The highest BCUT2D eigenvalue weighted by atomic mass is 16.2. The summed E-state index contributed by atoms with van der Waals surface area (Å²) >= 11 is 0. The molecule has 2 N–H and O–H groups in total. The van der Waals surface area contributed by atoms with Crippen LogP contribution in [-0.4, -0.2) is 29.9 Å². The topological polar surface area (TPSA) is 46.3 Å². The molecule has 1 saturated heterocycles. The molecule has 2 atom stereocenters. The Morgan fingerprint density at radius 3 is 2.68 bits per heavy atom. The van der Waals surface area contributed by atoms with Gasteiger partial charge in [-0.05, 0) is 50.5 Å². The normalized spacial score (nSPS) is 21.7. The third-order valence-corrected chi connectivity index (χ3v) is 4.17. The van der Waals surface area contributed by atoms with Crippen LogP contribution in [0.1, 0.15) is 65.7 Å². The van der Waals surface area contributed by atoms with Gasteiger partial charge in [0.25, 0.3) is 0 Å². The lowest BCUT2D eigenvalue weighted by atomic mass is 9.92. The summed E-state index contributed by atoms with van der Waals surface area (Å²) in [7, 11) is 0. The van der Waals surface area contributed by atoms with E-state index in [9.17, 15) is 4.79 Å². The molecule has 0 spiro atoms. The van der Waals surface area contributed by atoms with Crippen molar-refractivity contribution in [2.75, 3.05) is 13.1 Å². The molecule has 3 heteroatoms. The van der Waals surface area contributed by atoms with Gasteiger partial charge >= 0.3 is 0 Å². The minimum atomic E-state index is 0.342.